The molecule has 23 heavy (non-hydrogen) atoms. The zero-order valence-corrected chi connectivity index (χ0v) is 13.9. The Morgan fingerprint density at radius 3 is 2.26 bits per heavy atom. The van der Waals surface area contributed by atoms with Gasteiger partial charge in [0.1, 0.15) is 11.9 Å². The van der Waals surface area contributed by atoms with Gasteiger partial charge in [-0.05, 0) is 30.2 Å². The van der Waals surface area contributed by atoms with E-state index in [1.54, 1.807) is 6.08 Å². The average molecular weight is 331 g/mol. The first kappa shape index (κ1) is 17.2. The predicted octanol–water partition coefficient (Wildman–Crippen LogP) is 3.43. The molecular formula is C18H21NO3S. The molecule has 0 bridgehead atoms. The maximum absolute atomic E-state index is 12.0. The van der Waals surface area contributed by atoms with Crippen LogP contribution in [0.1, 0.15) is 18.9 Å². The van der Waals surface area contributed by atoms with E-state index in [4.69, 9.17) is 4.74 Å². The molecule has 0 heterocycles. The Bertz CT molecular complexity index is 712. The molecule has 0 saturated carbocycles. The van der Waals surface area contributed by atoms with Crippen LogP contribution in [0.4, 0.5) is 0 Å². The van der Waals surface area contributed by atoms with Crippen LogP contribution in [0.5, 0.6) is 5.75 Å². The van der Waals surface area contributed by atoms with Gasteiger partial charge in [0.15, 0.2) is 0 Å². The molecule has 2 aromatic rings. The molecule has 1 N–H and O–H groups in total. The monoisotopic (exact) mass is 331 g/mol. The summed E-state index contributed by atoms with van der Waals surface area (Å²) >= 11 is 0. The first-order chi connectivity index (χ1) is 11.1. The van der Waals surface area contributed by atoms with E-state index in [1.165, 1.54) is 5.41 Å². The number of ether oxygens (including phenoxy) is 1. The van der Waals surface area contributed by atoms with Crippen LogP contribution in [-0.2, 0) is 10.0 Å². The molecule has 2 aromatic carbocycles. The Morgan fingerprint density at radius 2 is 1.65 bits per heavy atom. The lowest BCUT2D eigenvalue weighted by molar-refractivity contribution is 0.201. The van der Waals surface area contributed by atoms with E-state index < -0.39 is 10.0 Å². The van der Waals surface area contributed by atoms with E-state index in [2.05, 4.69) is 4.72 Å². The number of rotatable bonds is 8. The summed E-state index contributed by atoms with van der Waals surface area (Å²) in [5.41, 5.74) is 0.838. The summed E-state index contributed by atoms with van der Waals surface area (Å²) in [5.74, 6) is 0.735. The number of nitrogens with one attached hydrogen (secondary N) is 1. The van der Waals surface area contributed by atoms with E-state index in [0.717, 1.165) is 11.3 Å². The van der Waals surface area contributed by atoms with Crippen LogP contribution >= 0.6 is 0 Å². The Kier molecular flexibility index (Phi) is 6.38. The molecule has 0 spiro atoms. The fourth-order valence-electron chi connectivity index (χ4n) is 1.95. The number of hydrogen-bond donors (Lipinski definition) is 1. The minimum atomic E-state index is -3.49. The highest BCUT2D eigenvalue weighted by Gasteiger charge is 2.12. The largest absolute Gasteiger partial charge is 0.489 e. The molecule has 122 valence electrons. The Hall–Kier alpha value is -2.11. The van der Waals surface area contributed by atoms with E-state index in [0.29, 0.717) is 6.42 Å². The molecule has 5 heteroatoms. The molecule has 2 rings (SSSR count). The molecular weight excluding hydrogens is 310 g/mol. The van der Waals surface area contributed by atoms with Gasteiger partial charge in [-0.2, -0.15) is 0 Å². The van der Waals surface area contributed by atoms with Crippen LogP contribution in [0.2, 0.25) is 0 Å². The van der Waals surface area contributed by atoms with Crippen molar-refractivity contribution in [2.24, 2.45) is 0 Å². The highest BCUT2D eigenvalue weighted by atomic mass is 32.2. The van der Waals surface area contributed by atoms with Crippen LogP contribution in [0.3, 0.4) is 0 Å². The molecule has 0 aromatic heterocycles. The molecule has 1 unspecified atom stereocenters. The molecule has 0 fully saturated rings. The van der Waals surface area contributed by atoms with Crippen LogP contribution in [0.15, 0.2) is 66.1 Å². The number of sulfonamides is 1. The predicted molar refractivity (Wildman–Crippen MR) is 93.5 cm³/mol. The van der Waals surface area contributed by atoms with Crippen molar-refractivity contribution in [1.82, 2.24) is 4.72 Å². The van der Waals surface area contributed by atoms with Gasteiger partial charge in [-0.1, -0.05) is 55.5 Å². The average Bonchev–Trinajstić information content (AvgIpc) is 2.59. The second-order valence-corrected chi connectivity index (χ2v) is 6.72. The maximum atomic E-state index is 12.0. The van der Waals surface area contributed by atoms with Crippen molar-refractivity contribution in [2.75, 3.05) is 6.54 Å². The summed E-state index contributed by atoms with van der Waals surface area (Å²) in [6.45, 7) is 2.19. The second-order valence-electron chi connectivity index (χ2n) is 5.07. The summed E-state index contributed by atoms with van der Waals surface area (Å²) in [5, 5.41) is 1.18. The lowest BCUT2D eigenvalue weighted by Crippen LogP contribution is -2.33. The molecule has 0 aliphatic rings. The van der Waals surface area contributed by atoms with Gasteiger partial charge in [-0.15, -0.1) is 0 Å². The normalized spacial score (nSPS) is 13.1. The fourth-order valence-corrected chi connectivity index (χ4v) is 2.80. The van der Waals surface area contributed by atoms with Crippen molar-refractivity contribution < 1.29 is 13.2 Å². The fraction of sp³-hybridized carbons (Fsp3) is 0.222. The van der Waals surface area contributed by atoms with E-state index in [-0.39, 0.29) is 12.6 Å². The third-order valence-electron chi connectivity index (χ3n) is 3.25. The van der Waals surface area contributed by atoms with E-state index >= 15 is 0 Å². The van der Waals surface area contributed by atoms with Gasteiger partial charge in [-0.3, -0.25) is 0 Å². The van der Waals surface area contributed by atoms with Gasteiger partial charge in [0, 0.05) is 12.0 Å². The Morgan fingerprint density at radius 1 is 1.04 bits per heavy atom. The third kappa shape index (κ3) is 6.26. The maximum Gasteiger partial charge on any atom is 0.233 e. The van der Waals surface area contributed by atoms with Gasteiger partial charge >= 0.3 is 0 Å². The van der Waals surface area contributed by atoms with Gasteiger partial charge in [0.05, 0.1) is 0 Å². The Balaban J connectivity index is 1.90. The van der Waals surface area contributed by atoms with Crippen molar-refractivity contribution in [3.05, 3.63) is 71.6 Å². The minimum Gasteiger partial charge on any atom is -0.489 e. The topological polar surface area (TPSA) is 55.4 Å². The second kappa shape index (κ2) is 8.50. The van der Waals surface area contributed by atoms with Gasteiger partial charge in [-0.25, -0.2) is 13.1 Å². The SMILES string of the molecule is CCC(CNS(=O)(=O)/C=C/c1ccccc1)Oc1ccccc1. The van der Waals surface area contributed by atoms with Crippen LogP contribution in [-0.4, -0.2) is 21.1 Å². The summed E-state index contributed by atoms with van der Waals surface area (Å²) in [6, 6.07) is 18.7. The molecule has 4 nitrogen and oxygen atoms in total. The van der Waals surface area contributed by atoms with Crippen molar-refractivity contribution in [3.63, 3.8) is 0 Å². The molecule has 0 aliphatic heterocycles. The summed E-state index contributed by atoms with van der Waals surface area (Å²) in [6.07, 6.45) is 2.07. The van der Waals surface area contributed by atoms with Crippen LogP contribution < -0.4 is 9.46 Å². The van der Waals surface area contributed by atoms with Gasteiger partial charge in [0.2, 0.25) is 10.0 Å². The third-order valence-corrected chi connectivity index (χ3v) is 4.32. The van der Waals surface area contributed by atoms with Gasteiger partial charge in [0.25, 0.3) is 0 Å². The molecule has 0 radical (unpaired) electrons. The summed E-state index contributed by atoms with van der Waals surface area (Å²) in [7, 11) is -3.49. The zero-order chi connectivity index (χ0) is 16.5. The van der Waals surface area contributed by atoms with Crippen molar-refractivity contribution in [2.45, 2.75) is 19.4 Å². The van der Waals surface area contributed by atoms with Crippen molar-refractivity contribution in [3.8, 4) is 5.75 Å². The van der Waals surface area contributed by atoms with Crippen LogP contribution in [0, 0.1) is 0 Å². The minimum absolute atomic E-state index is 0.211. The van der Waals surface area contributed by atoms with Crippen molar-refractivity contribution >= 4 is 16.1 Å². The van der Waals surface area contributed by atoms with E-state index in [1.807, 2.05) is 67.6 Å². The summed E-state index contributed by atoms with van der Waals surface area (Å²) in [4.78, 5) is 0. The van der Waals surface area contributed by atoms with E-state index in [9.17, 15) is 8.42 Å². The van der Waals surface area contributed by atoms with Crippen LogP contribution in [0.25, 0.3) is 6.08 Å². The highest BCUT2D eigenvalue weighted by Crippen LogP contribution is 2.12. The first-order valence-electron chi connectivity index (χ1n) is 7.53. The zero-order valence-electron chi connectivity index (χ0n) is 13.1. The number of hydrogen-bond acceptors (Lipinski definition) is 3. The lowest BCUT2D eigenvalue weighted by Gasteiger charge is -2.17. The molecule has 0 aliphatic carbocycles. The first-order valence-corrected chi connectivity index (χ1v) is 9.08. The molecule has 1 atom stereocenters. The molecule has 0 saturated heterocycles. The highest BCUT2D eigenvalue weighted by molar-refractivity contribution is 7.92. The quantitative estimate of drug-likeness (QED) is 0.806. The standard InChI is InChI=1S/C18H21NO3S/c1-2-17(22-18-11-7-4-8-12-18)15-19-23(20,21)14-13-16-9-5-3-6-10-16/h3-14,17,19H,2,15H2,1H3/b14-13+. The van der Waals surface area contributed by atoms with Gasteiger partial charge < -0.3 is 4.74 Å². The summed E-state index contributed by atoms with van der Waals surface area (Å²) < 4.78 is 32.4. The number of benzene rings is 2. The lowest BCUT2D eigenvalue weighted by atomic mass is 10.2. The Labute approximate surface area is 137 Å². The molecule has 0 amide bonds. The smallest absolute Gasteiger partial charge is 0.233 e. The van der Waals surface area contributed by atoms with Crippen molar-refractivity contribution in [1.29, 1.82) is 0 Å². The number of para-hydroxylation sites is 1.